The molecule has 162 valence electrons. The number of nitrogens with one attached hydrogen (secondary N) is 2. The van der Waals surface area contributed by atoms with Crippen molar-refractivity contribution in [1.29, 1.82) is 0 Å². The molecule has 0 radical (unpaired) electrons. The molecule has 8 heteroatoms. The molecule has 1 aliphatic heterocycles. The molecule has 1 aromatic rings. The highest BCUT2D eigenvalue weighted by Gasteiger charge is 2.42. The first-order chi connectivity index (χ1) is 14.0. The number of carbonyl (C=O) groups excluding carboxylic acids is 1. The van der Waals surface area contributed by atoms with E-state index in [1.165, 1.54) is 12.8 Å². The Balaban J connectivity index is 1.54. The molecule has 3 rings (SSSR count). The van der Waals surface area contributed by atoms with Crippen molar-refractivity contribution in [3.63, 3.8) is 0 Å². The van der Waals surface area contributed by atoms with E-state index < -0.39 is 0 Å². The van der Waals surface area contributed by atoms with Crippen LogP contribution in [0.5, 0.6) is 0 Å². The molecule has 0 bridgehead atoms. The molecule has 2 aliphatic rings. The van der Waals surface area contributed by atoms with E-state index in [9.17, 15) is 4.79 Å². The van der Waals surface area contributed by atoms with E-state index in [1.54, 1.807) is 16.2 Å². The summed E-state index contributed by atoms with van der Waals surface area (Å²) in [7, 11) is 3.69. The fourth-order valence-corrected chi connectivity index (χ4v) is 5.23. The van der Waals surface area contributed by atoms with E-state index in [0.717, 1.165) is 75.1 Å². The summed E-state index contributed by atoms with van der Waals surface area (Å²) in [6, 6.07) is 0. The van der Waals surface area contributed by atoms with Gasteiger partial charge >= 0.3 is 0 Å². The number of rotatable bonds is 8. The first-order valence-electron chi connectivity index (χ1n) is 11.0. The lowest BCUT2D eigenvalue weighted by molar-refractivity contribution is -0.138. The zero-order valence-corrected chi connectivity index (χ0v) is 19.0. The molecule has 0 spiro atoms. The number of anilines is 1. The number of aromatic nitrogens is 1. The number of hydrogen-bond donors (Lipinski definition) is 2. The number of hydrogen-bond acceptors (Lipinski definition) is 5. The van der Waals surface area contributed by atoms with Gasteiger partial charge in [0.25, 0.3) is 0 Å². The molecule has 2 fully saturated rings. The highest BCUT2D eigenvalue weighted by atomic mass is 32.1. The van der Waals surface area contributed by atoms with Crippen molar-refractivity contribution >= 4 is 28.3 Å². The van der Waals surface area contributed by atoms with Gasteiger partial charge in [-0.05, 0) is 32.6 Å². The second-order valence-corrected chi connectivity index (χ2v) is 9.21. The van der Waals surface area contributed by atoms with Crippen LogP contribution >= 0.6 is 11.3 Å². The van der Waals surface area contributed by atoms with Gasteiger partial charge in [0.05, 0.1) is 17.7 Å². The van der Waals surface area contributed by atoms with Crippen LogP contribution in [0.2, 0.25) is 0 Å². The Hall–Kier alpha value is -1.83. The minimum absolute atomic E-state index is 0.214. The number of carbonyl (C=O) groups is 1. The molecule has 1 saturated carbocycles. The summed E-state index contributed by atoms with van der Waals surface area (Å²) in [6.07, 6.45) is 7.52. The van der Waals surface area contributed by atoms with E-state index in [-0.39, 0.29) is 11.3 Å². The van der Waals surface area contributed by atoms with Crippen molar-refractivity contribution in [2.75, 3.05) is 51.7 Å². The van der Waals surface area contributed by atoms with Gasteiger partial charge in [-0.15, -0.1) is 11.3 Å². The molecule has 0 unspecified atom stereocenters. The lowest BCUT2D eigenvalue weighted by atomic mass is 9.85. The van der Waals surface area contributed by atoms with Crippen LogP contribution in [0.4, 0.5) is 5.13 Å². The second-order valence-electron chi connectivity index (χ2n) is 8.37. The molecule has 2 N–H and O–H groups in total. The van der Waals surface area contributed by atoms with Crippen molar-refractivity contribution in [2.24, 2.45) is 10.4 Å². The Morgan fingerprint density at radius 2 is 1.97 bits per heavy atom. The molecule has 0 aromatic carbocycles. The lowest BCUT2D eigenvalue weighted by Crippen LogP contribution is -2.43. The molecule has 2 heterocycles. The fourth-order valence-electron chi connectivity index (χ4n) is 4.31. The van der Waals surface area contributed by atoms with E-state index in [2.05, 4.69) is 27.8 Å². The van der Waals surface area contributed by atoms with Crippen LogP contribution in [-0.4, -0.2) is 68.6 Å². The summed E-state index contributed by atoms with van der Waals surface area (Å²) in [6.45, 7) is 6.47. The summed E-state index contributed by atoms with van der Waals surface area (Å²) >= 11 is 1.75. The SMILES string of the molecule is CCNC(=NCC1(C(=O)N(C)C)CCCC1)NCCc1csc(N2CCCC2)n1. The first kappa shape index (κ1) is 21.9. The molecule has 1 aliphatic carbocycles. The normalized spacial score (nSPS) is 18.9. The average molecular weight is 421 g/mol. The van der Waals surface area contributed by atoms with Crippen molar-refractivity contribution in [2.45, 2.75) is 51.9 Å². The third-order valence-electron chi connectivity index (χ3n) is 5.89. The smallest absolute Gasteiger partial charge is 0.230 e. The van der Waals surface area contributed by atoms with Crippen molar-refractivity contribution in [3.05, 3.63) is 11.1 Å². The molecular formula is C21H36N6OS. The zero-order valence-electron chi connectivity index (χ0n) is 18.2. The topological polar surface area (TPSA) is 72.9 Å². The number of thiazole rings is 1. The van der Waals surface area contributed by atoms with Gasteiger partial charge in [-0.1, -0.05) is 12.8 Å². The minimum atomic E-state index is -0.328. The summed E-state index contributed by atoms with van der Waals surface area (Å²) in [5, 5.41) is 10.1. The Morgan fingerprint density at radius 1 is 1.24 bits per heavy atom. The maximum absolute atomic E-state index is 12.8. The monoisotopic (exact) mass is 420 g/mol. The number of aliphatic imine (C=N–C) groups is 1. The van der Waals surface area contributed by atoms with Gasteiger partial charge in [-0.3, -0.25) is 9.79 Å². The molecule has 1 aromatic heterocycles. The quantitative estimate of drug-likeness (QED) is 0.499. The largest absolute Gasteiger partial charge is 0.357 e. The van der Waals surface area contributed by atoms with Gasteiger partial charge in [-0.2, -0.15) is 0 Å². The average Bonchev–Trinajstić information content (AvgIpc) is 3.47. The number of nitrogens with zero attached hydrogens (tertiary/aromatic N) is 4. The molecular weight excluding hydrogens is 384 g/mol. The van der Waals surface area contributed by atoms with E-state index >= 15 is 0 Å². The molecule has 1 amide bonds. The summed E-state index contributed by atoms with van der Waals surface area (Å²) in [5.41, 5.74) is 0.807. The van der Waals surface area contributed by atoms with Crippen LogP contribution < -0.4 is 15.5 Å². The van der Waals surface area contributed by atoms with Crippen molar-refractivity contribution in [1.82, 2.24) is 20.5 Å². The second kappa shape index (κ2) is 10.3. The van der Waals surface area contributed by atoms with E-state index in [1.807, 2.05) is 14.1 Å². The van der Waals surface area contributed by atoms with Gasteiger partial charge < -0.3 is 20.4 Å². The number of guanidine groups is 1. The van der Waals surface area contributed by atoms with Crippen molar-refractivity contribution < 1.29 is 4.79 Å². The minimum Gasteiger partial charge on any atom is -0.357 e. The van der Waals surface area contributed by atoms with Gasteiger partial charge in [0.15, 0.2) is 11.1 Å². The Labute approximate surface area is 179 Å². The summed E-state index contributed by atoms with van der Waals surface area (Å²) < 4.78 is 0. The molecule has 29 heavy (non-hydrogen) atoms. The Morgan fingerprint density at radius 3 is 2.62 bits per heavy atom. The molecule has 1 saturated heterocycles. The fraction of sp³-hybridized carbons (Fsp3) is 0.762. The van der Waals surface area contributed by atoms with Crippen LogP contribution in [0.15, 0.2) is 10.4 Å². The van der Waals surface area contributed by atoms with Crippen LogP contribution in [0.3, 0.4) is 0 Å². The highest BCUT2D eigenvalue weighted by molar-refractivity contribution is 7.13. The Bertz CT molecular complexity index is 689. The first-order valence-corrected chi connectivity index (χ1v) is 11.9. The predicted octanol–water partition coefficient (Wildman–Crippen LogP) is 2.49. The van der Waals surface area contributed by atoms with Crippen LogP contribution in [-0.2, 0) is 11.2 Å². The van der Waals surface area contributed by atoms with Crippen molar-refractivity contribution in [3.8, 4) is 0 Å². The third-order valence-corrected chi connectivity index (χ3v) is 6.84. The lowest BCUT2D eigenvalue weighted by Gasteiger charge is -2.29. The van der Waals surface area contributed by atoms with Crippen LogP contribution in [0, 0.1) is 5.41 Å². The van der Waals surface area contributed by atoms with Crippen LogP contribution in [0.25, 0.3) is 0 Å². The maximum Gasteiger partial charge on any atom is 0.230 e. The van der Waals surface area contributed by atoms with Gasteiger partial charge in [0, 0.05) is 52.1 Å². The molecule has 7 nitrogen and oxygen atoms in total. The summed E-state index contributed by atoms with van der Waals surface area (Å²) in [5.74, 6) is 1.01. The van der Waals surface area contributed by atoms with E-state index in [4.69, 9.17) is 9.98 Å². The maximum atomic E-state index is 12.8. The molecule has 0 atom stereocenters. The van der Waals surface area contributed by atoms with Gasteiger partial charge in [-0.25, -0.2) is 4.98 Å². The Kier molecular flexibility index (Phi) is 7.75. The predicted molar refractivity (Wildman–Crippen MR) is 121 cm³/mol. The zero-order chi connectivity index (χ0) is 20.7. The standard InChI is InChI=1S/C21H36N6OS/c1-4-22-19(24-16-21(10-5-6-11-21)18(28)26(2)3)23-12-9-17-15-29-20(25-17)27-13-7-8-14-27/h15H,4-14,16H2,1-3H3,(H2,22,23,24). The van der Waals surface area contributed by atoms with E-state index in [0.29, 0.717) is 6.54 Å². The van der Waals surface area contributed by atoms with Gasteiger partial charge in [0.1, 0.15) is 0 Å². The summed E-state index contributed by atoms with van der Waals surface area (Å²) in [4.78, 5) is 26.4. The highest BCUT2D eigenvalue weighted by Crippen LogP contribution is 2.39. The number of amides is 1. The van der Waals surface area contributed by atoms with Crippen LogP contribution in [0.1, 0.15) is 51.1 Å². The van der Waals surface area contributed by atoms with Gasteiger partial charge in [0.2, 0.25) is 5.91 Å². The third kappa shape index (κ3) is 5.62.